The van der Waals surface area contributed by atoms with Crippen LogP contribution < -0.4 is 10.2 Å². The number of amides is 1. The maximum absolute atomic E-state index is 12.0. The third-order valence-electron chi connectivity index (χ3n) is 3.50. The Morgan fingerprint density at radius 1 is 1.42 bits per heavy atom. The number of anilines is 1. The van der Waals surface area contributed by atoms with Crippen LogP contribution in [0.25, 0.3) is 0 Å². The molecule has 1 aromatic heterocycles. The van der Waals surface area contributed by atoms with E-state index in [4.69, 9.17) is 4.52 Å². The molecule has 2 rings (SSSR count). The van der Waals surface area contributed by atoms with Gasteiger partial charge in [0.05, 0.1) is 23.7 Å². The Kier molecular flexibility index (Phi) is 5.51. The Morgan fingerprint density at radius 3 is 2.75 bits per heavy atom. The summed E-state index contributed by atoms with van der Waals surface area (Å²) in [6, 6.07) is 8.10. The minimum absolute atomic E-state index is 0.00394. The quantitative estimate of drug-likeness (QED) is 0.617. The van der Waals surface area contributed by atoms with Crippen molar-refractivity contribution in [3.05, 3.63) is 51.9 Å². The van der Waals surface area contributed by atoms with Gasteiger partial charge in [0.15, 0.2) is 5.76 Å². The number of likely N-dealkylation sites (N-methyl/N-ethyl adjacent to an activating group) is 1. The smallest absolute Gasteiger partial charge is 0.292 e. The van der Waals surface area contributed by atoms with Gasteiger partial charge in [0.2, 0.25) is 5.91 Å². The van der Waals surface area contributed by atoms with E-state index in [0.29, 0.717) is 11.4 Å². The van der Waals surface area contributed by atoms with Crippen LogP contribution in [0.3, 0.4) is 0 Å². The third kappa shape index (κ3) is 4.31. The lowest BCUT2D eigenvalue weighted by Crippen LogP contribution is -2.35. The third-order valence-corrected chi connectivity index (χ3v) is 3.50. The van der Waals surface area contributed by atoms with Crippen molar-refractivity contribution >= 4 is 17.3 Å². The lowest BCUT2D eigenvalue weighted by molar-refractivity contribution is -0.384. The van der Waals surface area contributed by atoms with Gasteiger partial charge in [-0.2, -0.15) is 0 Å². The van der Waals surface area contributed by atoms with Crippen molar-refractivity contribution in [1.29, 1.82) is 0 Å². The molecular weight excluding hydrogens is 312 g/mol. The highest BCUT2D eigenvalue weighted by Gasteiger charge is 2.18. The molecule has 0 saturated carbocycles. The van der Waals surface area contributed by atoms with Gasteiger partial charge in [-0.25, -0.2) is 0 Å². The predicted molar refractivity (Wildman–Crippen MR) is 88.8 cm³/mol. The van der Waals surface area contributed by atoms with Gasteiger partial charge in [0, 0.05) is 19.2 Å². The average Bonchev–Trinajstić information content (AvgIpc) is 3.02. The van der Waals surface area contributed by atoms with Crippen molar-refractivity contribution < 1.29 is 14.2 Å². The monoisotopic (exact) mass is 332 g/mol. The maximum Gasteiger partial charge on any atom is 0.292 e. The Hall–Kier alpha value is -2.90. The molecule has 0 saturated heterocycles. The number of benzene rings is 1. The molecule has 2 aromatic rings. The van der Waals surface area contributed by atoms with Crippen LogP contribution in [0.2, 0.25) is 0 Å². The first-order valence-electron chi connectivity index (χ1n) is 7.55. The van der Waals surface area contributed by atoms with Crippen LogP contribution in [-0.4, -0.2) is 29.6 Å². The van der Waals surface area contributed by atoms with E-state index in [1.807, 2.05) is 13.8 Å². The minimum Gasteiger partial charge on any atom is -0.360 e. The van der Waals surface area contributed by atoms with Crippen molar-refractivity contribution in [2.45, 2.75) is 26.3 Å². The Bertz CT molecular complexity index is 726. The van der Waals surface area contributed by atoms with Crippen LogP contribution >= 0.6 is 0 Å². The lowest BCUT2D eigenvalue weighted by atomic mass is 10.1. The fourth-order valence-corrected chi connectivity index (χ4v) is 2.17. The number of nitro benzene ring substituents is 1. The van der Waals surface area contributed by atoms with E-state index in [1.54, 1.807) is 31.3 Å². The van der Waals surface area contributed by atoms with Crippen LogP contribution in [0.5, 0.6) is 0 Å². The first kappa shape index (κ1) is 17.5. The van der Waals surface area contributed by atoms with Gasteiger partial charge < -0.3 is 14.7 Å². The normalized spacial score (nSPS) is 10.7. The minimum atomic E-state index is -0.467. The van der Waals surface area contributed by atoms with Gasteiger partial charge in [-0.05, 0) is 12.0 Å². The molecule has 1 aromatic carbocycles. The Balaban J connectivity index is 1.93. The number of rotatable bonds is 7. The molecule has 0 aliphatic rings. The fraction of sp³-hybridized carbons (Fsp3) is 0.375. The highest BCUT2D eigenvalue weighted by molar-refractivity contribution is 5.82. The van der Waals surface area contributed by atoms with E-state index >= 15 is 0 Å². The number of hydrogen-bond donors (Lipinski definition) is 1. The molecule has 0 atom stereocenters. The van der Waals surface area contributed by atoms with E-state index in [-0.39, 0.29) is 30.6 Å². The molecule has 1 amide bonds. The zero-order valence-corrected chi connectivity index (χ0v) is 13.9. The molecule has 0 aliphatic heterocycles. The van der Waals surface area contributed by atoms with Gasteiger partial charge in [0.1, 0.15) is 5.69 Å². The Labute approximate surface area is 139 Å². The van der Waals surface area contributed by atoms with Crippen LogP contribution in [-0.2, 0) is 11.3 Å². The second kappa shape index (κ2) is 7.58. The van der Waals surface area contributed by atoms with Crippen LogP contribution in [0.1, 0.15) is 31.2 Å². The number of para-hydroxylation sites is 2. The number of hydrogen-bond acceptors (Lipinski definition) is 6. The number of carbonyl (C=O) groups is 1. The van der Waals surface area contributed by atoms with Crippen molar-refractivity contribution in [1.82, 2.24) is 10.5 Å². The van der Waals surface area contributed by atoms with E-state index in [9.17, 15) is 14.9 Å². The fourth-order valence-electron chi connectivity index (χ4n) is 2.17. The second-order valence-electron chi connectivity index (χ2n) is 5.75. The largest absolute Gasteiger partial charge is 0.360 e. The summed E-state index contributed by atoms with van der Waals surface area (Å²) in [4.78, 5) is 24.1. The summed E-state index contributed by atoms with van der Waals surface area (Å²) < 4.78 is 5.15. The van der Waals surface area contributed by atoms with Crippen molar-refractivity contribution in [3.63, 3.8) is 0 Å². The first-order chi connectivity index (χ1) is 11.4. The predicted octanol–water partition coefficient (Wildman–Crippen LogP) is 2.46. The average molecular weight is 332 g/mol. The van der Waals surface area contributed by atoms with E-state index in [2.05, 4.69) is 10.5 Å². The highest BCUT2D eigenvalue weighted by atomic mass is 16.6. The molecule has 0 radical (unpaired) electrons. The lowest BCUT2D eigenvalue weighted by Gasteiger charge is -2.18. The molecule has 0 spiro atoms. The molecule has 8 nitrogen and oxygen atoms in total. The number of nitrogens with zero attached hydrogens (tertiary/aromatic N) is 3. The van der Waals surface area contributed by atoms with Crippen molar-refractivity contribution in [3.8, 4) is 0 Å². The van der Waals surface area contributed by atoms with Crippen molar-refractivity contribution in [2.75, 3.05) is 18.5 Å². The summed E-state index contributed by atoms with van der Waals surface area (Å²) in [5.41, 5.74) is 1.18. The van der Waals surface area contributed by atoms with Gasteiger partial charge in [0.25, 0.3) is 5.69 Å². The Morgan fingerprint density at radius 2 is 2.12 bits per heavy atom. The second-order valence-corrected chi connectivity index (χ2v) is 5.75. The van der Waals surface area contributed by atoms with E-state index < -0.39 is 4.92 Å². The molecule has 0 bridgehead atoms. The van der Waals surface area contributed by atoms with Crippen molar-refractivity contribution in [2.24, 2.45) is 0 Å². The molecule has 128 valence electrons. The standard InChI is InChI=1S/C16H20N4O4/c1-11(2)13-8-12(24-18-13)9-17-16(21)10-19(3)14-6-4-5-7-15(14)20(22)23/h4-8,11H,9-10H2,1-3H3,(H,17,21). The summed E-state index contributed by atoms with van der Waals surface area (Å²) in [6.45, 7) is 4.23. The van der Waals surface area contributed by atoms with E-state index in [0.717, 1.165) is 5.69 Å². The van der Waals surface area contributed by atoms with Crippen LogP contribution in [0.15, 0.2) is 34.9 Å². The SMILES string of the molecule is CC(C)c1cc(CNC(=O)CN(C)c2ccccc2[N+](=O)[O-])on1. The summed E-state index contributed by atoms with van der Waals surface area (Å²) in [7, 11) is 1.63. The number of nitrogens with one attached hydrogen (secondary N) is 1. The zero-order chi connectivity index (χ0) is 17.7. The molecule has 0 fully saturated rings. The molecule has 0 aliphatic carbocycles. The highest BCUT2D eigenvalue weighted by Crippen LogP contribution is 2.26. The molecular formula is C16H20N4O4. The van der Waals surface area contributed by atoms with Gasteiger partial charge in [-0.1, -0.05) is 31.1 Å². The summed E-state index contributed by atoms with van der Waals surface area (Å²) in [5.74, 6) is 0.557. The summed E-state index contributed by atoms with van der Waals surface area (Å²) in [6.07, 6.45) is 0. The van der Waals surface area contributed by atoms with Gasteiger partial charge in [-0.15, -0.1) is 0 Å². The molecule has 1 heterocycles. The first-order valence-corrected chi connectivity index (χ1v) is 7.55. The van der Waals surface area contributed by atoms with E-state index in [1.165, 1.54) is 11.0 Å². The van der Waals surface area contributed by atoms with Crippen LogP contribution in [0.4, 0.5) is 11.4 Å². The molecule has 0 unspecified atom stereocenters. The molecule has 8 heteroatoms. The topological polar surface area (TPSA) is 102 Å². The number of aromatic nitrogens is 1. The molecule has 1 N–H and O–H groups in total. The zero-order valence-electron chi connectivity index (χ0n) is 13.9. The summed E-state index contributed by atoms with van der Waals surface area (Å²) in [5, 5.41) is 17.7. The summed E-state index contributed by atoms with van der Waals surface area (Å²) >= 11 is 0. The van der Waals surface area contributed by atoms with Gasteiger partial charge in [-0.3, -0.25) is 14.9 Å². The van der Waals surface area contributed by atoms with Crippen LogP contribution in [0, 0.1) is 10.1 Å². The number of carbonyl (C=O) groups excluding carboxylic acids is 1. The molecule has 24 heavy (non-hydrogen) atoms. The number of nitro groups is 1. The maximum atomic E-state index is 12.0. The van der Waals surface area contributed by atoms with Gasteiger partial charge >= 0.3 is 0 Å².